The highest BCUT2D eigenvalue weighted by Crippen LogP contribution is 2.26. The first-order valence-electron chi connectivity index (χ1n) is 6.61. The highest BCUT2D eigenvalue weighted by molar-refractivity contribution is 5.75. The predicted octanol–water partition coefficient (Wildman–Crippen LogP) is 1.73. The van der Waals surface area contributed by atoms with Gasteiger partial charge in [0.25, 0.3) is 0 Å². The number of hydrogen-bond acceptors (Lipinski definition) is 4. The third kappa shape index (κ3) is 4.64. The van der Waals surface area contributed by atoms with Gasteiger partial charge in [-0.1, -0.05) is 26.7 Å². The van der Waals surface area contributed by atoms with E-state index in [1.54, 1.807) is 0 Å². The largest absolute Gasteiger partial charge is 0.468 e. The molecule has 1 aliphatic rings. The zero-order valence-electron chi connectivity index (χ0n) is 11.2. The summed E-state index contributed by atoms with van der Waals surface area (Å²) in [6.07, 6.45) is 5.18. The molecule has 0 aliphatic heterocycles. The van der Waals surface area contributed by atoms with E-state index in [0.717, 1.165) is 13.0 Å². The summed E-state index contributed by atoms with van der Waals surface area (Å²) in [5.74, 6) is 0.360. The summed E-state index contributed by atoms with van der Waals surface area (Å²) in [6, 6.07) is -0.334. The molecule has 1 aliphatic carbocycles. The predicted molar refractivity (Wildman–Crippen MR) is 66.9 cm³/mol. The molecule has 0 spiro atoms. The molecule has 0 amide bonds. The number of rotatable bonds is 6. The molecule has 100 valence electrons. The monoisotopic (exact) mass is 243 g/mol. The summed E-state index contributed by atoms with van der Waals surface area (Å²) >= 11 is 0. The van der Waals surface area contributed by atoms with Crippen LogP contribution in [0.15, 0.2) is 0 Å². The molecule has 4 nitrogen and oxygen atoms in total. The Kier molecular flexibility index (Phi) is 6.52. The second-order valence-electron chi connectivity index (χ2n) is 4.77. The van der Waals surface area contributed by atoms with E-state index in [1.165, 1.54) is 26.4 Å². The van der Waals surface area contributed by atoms with Gasteiger partial charge in [-0.3, -0.25) is 4.79 Å². The van der Waals surface area contributed by atoms with Crippen molar-refractivity contribution in [2.24, 2.45) is 5.92 Å². The first-order valence-corrected chi connectivity index (χ1v) is 6.61. The molecule has 1 N–H and O–H groups in total. The summed E-state index contributed by atoms with van der Waals surface area (Å²) in [4.78, 5) is 11.5. The van der Waals surface area contributed by atoms with Crippen molar-refractivity contribution in [1.82, 2.24) is 5.32 Å². The quantitative estimate of drug-likeness (QED) is 0.722. The standard InChI is InChI=1S/C13H25NO3/c1-4-14-11(13(15)16-3)9-17-12-8-6-5-7-10(12)2/h10-12,14H,4-9H2,1-3H3. The summed E-state index contributed by atoms with van der Waals surface area (Å²) in [7, 11) is 1.41. The maximum atomic E-state index is 11.5. The SMILES string of the molecule is CCNC(COC1CCCCC1C)C(=O)OC. The fourth-order valence-corrected chi connectivity index (χ4v) is 2.35. The van der Waals surface area contributed by atoms with Crippen molar-refractivity contribution in [3.63, 3.8) is 0 Å². The van der Waals surface area contributed by atoms with Crippen molar-refractivity contribution in [3.8, 4) is 0 Å². The molecule has 0 radical (unpaired) electrons. The molecule has 1 saturated carbocycles. The smallest absolute Gasteiger partial charge is 0.325 e. The van der Waals surface area contributed by atoms with E-state index in [-0.39, 0.29) is 12.0 Å². The van der Waals surface area contributed by atoms with Crippen molar-refractivity contribution in [2.45, 2.75) is 51.7 Å². The van der Waals surface area contributed by atoms with E-state index in [2.05, 4.69) is 12.2 Å². The van der Waals surface area contributed by atoms with Crippen molar-refractivity contribution in [1.29, 1.82) is 0 Å². The third-order valence-electron chi connectivity index (χ3n) is 3.45. The molecule has 17 heavy (non-hydrogen) atoms. The van der Waals surface area contributed by atoms with Crippen LogP contribution in [-0.2, 0) is 14.3 Å². The zero-order chi connectivity index (χ0) is 12.7. The molecule has 0 bridgehead atoms. The van der Waals surface area contributed by atoms with E-state index in [0.29, 0.717) is 18.6 Å². The summed E-state index contributed by atoms with van der Waals surface area (Å²) in [5, 5.41) is 3.09. The topological polar surface area (TPSA) is 47.6 Å². The zero-order valence-corrected chi connectivity index (χ0v) is 11.2. The van der Waals surface area contributed by atoms with Gasteiger partial charge in [-0.25, -0.2) is 0 Å². The Hall–Kier alpha value is -0.610. The Morgan fingerprint density at radius 2 is 2.12 bits per heavy atom. The molecular formula is C13H25NO3. The van der Waals surface area contributed by atoms with Gasteiger partial charge in [0.05, 0.1) is 19.8 Å². The summed E-state index contributed by atoms with van der Waals surface area (Å²) < 4.78 is 10.6. The lowest BCUT2D eigenvalue weighted by molar-refractivity contribution is -0.146. The Morgan fingerprint density at radius 3 is 2.71 bits per heavy atom. The molecule has 0 aromatic rings. The molecule has 3 atom stereocenters. The van der Waals surface area contributed by atoms with Gasteiger partial charge in [-0.2, -0.15) is 0 Å². The number of ether oxygens (including phenoxy) is 2. The normalized spacial score (nSPS) is 26.5. The van der Waals surface area contributed by atoms with Crippen LogP contribution in [0.2, 0.25) is 0 Å². The molecule has 4 heteroatoms. The fourth-order valence-electron chi connectivity index (χ4n) is 2.35. The van der Waals surface area contributed by atoms with Gasteiger partial charge >= 0.3 is 5.97 Å². The van der Waals surface area contributed by atoms with Crippen LogP contribution in [-0.4, -0.2) is 38.4 Å². The molecular weight excluding hydrogens is 218 g/mol. The number of carbonyl (C=O) groups excluding carboxylic acids is 1. The minimum atomic E-state index is -0.334. The van der Waals surface area contributed by atoms with Crippen LogP contribution in [0.4, 0.5) is 0 Å². The molecule has 1 fully saturated rings. The van der Waals surface area contributed by atoms with Crippen molar-refractivity contribution in [3.05, 3.63) is 0 Å². The lowest BCUT2D eigenvalue weighted by atomic mass is 9.88. The van der Waals surface area contributed by atoms with Gasteiger partial charge < -0.3 is 14.8 Å². The number of likely N-dealkylation sites (N-methyl/N-ethyl adjacent to an activating group) is 1. The van der Waals surface area contributed by atoms with Crippen LogP contribution >= 0.6 is 0 Å². The Balaban J connectivity index is 2.36. The van der Waals surface area contributed by atoms with Crippen molar-refractivity contribution in [2.75, 3.05) is 20.3 Å². The second kappa shape index (κ2) is 7.67. The number of carbonyl (C=O) groups is 1. The van der Waals surface area contributed by atoms with E-state index < -0.39 is 0 Å². The summed E-state index contributed by atoms with van der Waals surface area (Å²) in [5.41, 5.74) is 0. The number of hydrogen-bond donors (Lipinski definition) is 1. The summed E-state index contributed by atoms with van der Waals surface area (Å²) in [6.45, 7) is 5.35. The van der Waals surface area contributed by atoms with E-state index in [4.69, 9.17) is 9.47 Å². The minimum Gasteiger partial charge on any atom is -0.468 e. The van der Waals surface area contributed by atoms with Crippen LogP contribution < -0.4 is 5.32 Å². The fraction of sp³-hybridized carbons (Fsp3) is 0.923. The molecule has 3 unspecified atom stereocenters. The average molecular weight is 243 g/mol. The van der Waals surface area contributed by atoms with Crippen molar-refractivity contribution < 1.29 is 14.3 Å². The van der Waals surface area contributed by atoms with Crippen LogP contribution in [0.1, 0.15) is 39.5 Å². The van der Waals surface area contributed by atoms with Gasteiger partial charge in [0.2, 0.25) is 0 Å². The Bertz CT molecular complexity index is 233. The van der Waals surface area contributed by atoms with Gasteiger partial charge in [0.15, 0.2) is 0 Å². The van der Waals surface area contributed by atoms with Crippen LogP contribution in [0.25, 0.3) is 0 Å². The van der Waals surface area contributed by atoms with E-state index in [9.17, 15) is 4.79 Å². The number of esters is 1. The first-order chi connectivity index (χ1) is 8.19. The highest BCUT2D eigenvalue weighted by Gasteiger charge is 2.25. The maximum Gasteiger partial charge on any atom is 0.325 e. The third-order valence-corrected chi connectivity index (χ3v) is 3.45. The van der Waals surface area contributed by atoms with Gasteiger partial charge in [0.1, 0.15) is 6.04 Å². The molecule has 0 saturated heterocycles. The van der Waals surface area contributed by atoms with Crippen LogP contribution in [0.3, 0.4) is 0 Å². The van der Waals surface area contributed by atoms with E-state index in [1.807, 2.05) is 6.92 Å². The molecule has 0 heterocycles. The molecule has 1 rings (SSSR count). The highest BCUT2D eigenvalue weighted by atomic mass is 16.5. The Morgan fingerprint density at radius 1 is 1.41 bits per heavy atom. The average Bonchev–Trinajstić information content (AvgIpc) is 2.35. The number of nitrogens with one attached hydrogen (secondary N) is 1. The van der Waals surface area contributed by atoms with E-state index >= 15 is 0 Å². The van der Waals surface area contributed by atoms with Gasteiger partial charge in [-0.15, -0.1) is 0 Å². The lowest BCUT2D eigenvalue weighted by Gasteiger charge is -2.30. The molecule has 0 aromatic carbocycles. The first kappa shape index (κ1) is 14.5. The van der Waals surface area contributed by atoms with Crippen LogP contribution in [0, 0.1) is 5.92 Å². The maximum absolute atomic E-state index is 11.5. The lowest BCUT2D eigenvalue weighted by Crippen LogP contribution is -2.43. The molecule has 0 aromatic heterocycles. The minimum absolute atomic E-state index is 0.240. The second-order valence-corrected chi connectivity index (χ2v) is 4.77. The van der Waals surface area contributed by atoms with Crippen LogP contribution in [0.5, 0.6) is 0 Å². The van der Waals surface area contributed by atoms with Gasteiger partial charge in [0, 0.05) is 0 Å². The Labute approximate surface area is 104 Å². The number of methoxy groups -OCH3 is 1. The van der Waals surface area contributed by atoms with Gasteiger partial charge in [-0.05, 0) is 25.3 Å². The van der Waals surface area contributed by atoms with Crippen molar-refractivity contribution >= 4 is 5.97 Å².